The zero-order chi connectivity index (χ0) is 10.4. The minimum absolute atomic E-state index is 0.591. The van der Waals surface area contributed by atoms with Crippen molar-refractivity contribution in [3.63, 3.8) is 0 Å². The molecule has 80 valence electrons. The molecule has 0 amide bonds. The minimum Gasteiger partial charge on any atom is -0.378 e. The molecule has 0 aromatic carbocycles. The Morgan fingerprint density at radius 2 is 2.07 bits per heavy atom. The van der Waals surface area contributed by atoms with Gasteiger partial charge in [-0.15, -0.1) is 6.58 Å². The Bertz CT molecular complexity index is 202. The lowest BCUT2D eigenvalue weighted by Crippen LogP contribution is -2.37. The van der Waals surface area contributed by atoms with E-state index in [0.717, 1.165) is 32.7 Å². The van der Waals surface area contributed by atoms with Gasteiger partial charge in [-0.2, -0.15) is 0 Å². The summed E-state index contributed by atoms with van der Waals surface area (Å²) in [7, 11) is 0. The molecule has 0 bridgehead atoms. The van der Waals surface area contributed by atoms with Gasteiger partial charge in [0.05, 0.1) is 13.2 Å². The molecule has 1 rings (SSSR count). The maximum atomic E-state index is 5.35. The van der Waals surface area contributed by atoms with E-state index in [1.54, 1.807) is 0 Å². The first-order chi connectivity index (χ1) is 6.75. The first-order valence-corrected chi connectivity index (χ1v) is 5.39. The van der Waals surface area contributed by atoms with Gasteiger partial charge in [0.15, 0.2) is 0 Å². The molecule has 1 saturated heterocycles. The van der Waals surface area contributed by atoms with Crippen molar-refractivity contribution >= 4 is 0 Å². The fraction of sp³-hybridized carbons (Fsp3) is 0.667. The molecule has 0 aromatic heterocycles. The molecule has 1 heterocycles. The van der Waals surface area contributed by atoms with Crippen molar-refractivity contribution in [3.05, 3.63) is 24.4 Å². The average Bonchev–Trinajstić information content (AvgIpc) is 2.19. The zero-order valence-electron chi connectivity index (χ0n) is 9.33. The molecule has 0 spiro atoms. The first-order valence-electron chi connectivity index (χ1n) is 5.39. The molecule has 0 N–H and O–H groups in total. The van der Waals surface area contributed by atoms with Gasteiger partial charge in [0.25, 0.3) is 0 Å². The van der Waals surface area contributed by atoms with Crippen LogP contribution in [-0.2, 0) is 4.74 Å². The standard InChI is InChI=1S/C12H21NO/c1-4-5-6-12(11(2)3)13-7-9-14-10-8-13/h4,6,11H,1,5,7-10H2,2-3H3/b12-6-. The quantitative estimate of drug-likeness (QED) is 0.639. The number of hydrogen-bond donors (Lipinski definition) is 0. The van der Waals surface area contributed by atoms with E-state index in [2.05, 4.69) is 31.4 Å². The second kappa shape index (κ2) is 5.86. The Labute approximate surface area is 87.2 Å². The van der Waals surface area contributed by atoms with Crippen LogP contribution >= 0.6 is 0 Å². The predicted octanol–water partition coefficient (Wildman–Crippen LogP) is 2.43. The lowest BCUT2D eigenvalue weighted by Gasteiger charge is -2.33. The summed E-state index contributed by atoms with van der Waals surface area (Å²) in [4.78, 5) is 2.43. The highest BCUT2D eigenvalue weighted by Crippen LogP contribution is 2.17. The van der Waals surface area contributed by atoms with Crippen LogP contribution in [0.25, 0.3) is 0 Å². The summed E-state index contributed by atoms with van der Waals surface area (Å²) in [5.41, 5.74) is 1.44. The van der Waals surface area contributed by atoms with Gasteiger partial charge < -0.3 is 9.64 Å². The molecule has 14 heavy (non-hydrogen) atoms. The maximum Gasteiger partial charge on any atom is 0.0642 e. The highest BCUT2D eigenvalue weighted by Gasteiger charge is 2.15. The minimum atomic E-state index is 0.591. The van der Waals surface area contributed by atoms with Gasteiger partial charge in [-0.05, 0) is 12.3 Å². The Hall–Kier alpha value is -0.760. The molecular formula is C12H21NO. The van der Waals surface area contributed by atoms with E-state index < -0.39 is 0 Å². The monoisotopic (exact) mass is 195 g/mol. The number of rotatable bonds is 4. The van der Waals surface area contributed by atoms with E-state index in [1.165, 1.54) is 5.70 Å². The lowest BCUT2D eigenvalue weighted by molar-refractivity contribution is 0.0494. The van der Waals surface area contributed by atoms with Crippen molar-refractivity contribution in [2.24, 2.45) is 5.92 Å². The number of morpholine rings is 1. The van der Waals surface area contributed by atoms with Crippen LogP contribution in [0, 0.1) is 5.92 Å². The first kappa shape index (κ1) is 11.3. The van der Waals surface area contributed by atoms with Gasteiger partial charge >= 0.3 is 0 Å². The van der Waals surface area contributed by atoms with Gasteiger partial charge in [-0.1, -0.05) is 26.0 Å². The molecule has 0 saturated carbocycles. The third-order valence-electron chi connectivity index (χ3n) is 2.46. The van der Waals surface area contributed by atoms with Gasteiger partial charge in [0.1, 0.15) is 0 Å². The van der Waals surface area contributed by atoms with Crippen LogP contribution < -0.4 is 0 Å². The Kier molecular flexibility index (Phi) is 4.74. The van der Waals surface area contributed by atoms with E-state index in [0.29, 0.717) is 5.92 Å². The van der Waals surface area contributed by atoms with Crippen molar-refractivity contribution in [2.75, 3.05) is 26.3 Å². The molecule has 1 aliphatic heterocycles. The van der Waals surface area contributed by atoms with Crippen LogP contribution in [0.1, 0.15) is 20.3 Å². The van der Waals surface area contributed by atoms with Crippen molar-refractivity contribution in [3.8, 4) is 0 Å². The van der Waals surface area contributed by atoms with Crippen LogP contribution in [0.4, 0.5) is 0 Å². The zero-order valence-corrected chi connectivity index (χ0v) is 9.33. The molecule has 0 radical (unpaired) electrons. The normalized spacial score (nSPS) is 18.8. The molecule has 0 atom stereocenters. The van der Waals surface area contributed by atoms with Crippen molar-refractivity contribution in [1.82, 2.24) is 4.90 Å². The van der Waals surface area contributed by atoms with Gasteiger partial charge in [-0.25, -0.2) is 0 Å². The summed E-state index contributed by atoms with van der Waals surface area (Å²) < 4.78 is 5.35. The van der Waals surface area contributed by atoms with Crippen LogP contribution in [-0.4, -0.2) is 31.2 Å². The summed E-state index contributed by atoms with van der Waals surface area (Å²) >= 11 is 0. The maximum absolute atomic E-state index is 5.35. The van der Waals surface area contributed by atoms with Crippen LogP contribution in [0.2, 0.25) is 0 Å². The molecular weight excluding hydrogens is 174 g/mol. The van der Waals surface area contributed by atoms with Gasteiger partial charge in [0.2, 0.25) is 0 Å². The van der Waals surface area contributed by atoms with Crippen molar-refractivity contribution in [1.29, 1.82) is 0 Å². The van der Waals surface area contributed by atoms with Crippen molar-refractivity contribution in [2.45, 2.75) is 20.3 Å². The average molecular weight is 195 g/mol. The second-order valence-electron chi connectivity index (χ2n) is 3.91. The number of nitrogens with zero attached hydrogens (tertiary/aromatic N) is 1. The largest absolute Gasteiger partial charge is 0.378 e. The third kappa shape index (κ3) is 3.18. The summed E-state index contributed by atoms with van der Waals surface area (Å²) in [6, 6.07) is 0. The summed E-state index contributed by atoms with van der Waals surface area (Å²) in [5, 5.41) is 0. The smallest absolute Gasteiger partial charge is 0.0642 e. The number of allylic oxidation sites excluding steroid dienone is 3. The van der Waals surface area contributed by atoms with E-state index in [4.69, 9.17) is 4.74 Å². The molecule has 1 aliphatic rings. The van der Waals surface area contributed by atoms with Gasteiger partial charge in [0, 0.05) is 18.8 Å². The summed E-state index contributed by atoms with van der Waals surface area (Å²) in [6.07, 6.45) is 5.19. The van der Waals surface area contributed by atoms with Gasteiger partial charge in [-0.3, -0.25) is 0 Å². The fourth-order valence-corrected chi connectivity index (χ4v) is 1.76. The molecule has 0 aromatic rings. The van der Waals surface area contributed by atoms with E-state index in [1.807, 2.05) is 6.08 Å². The van der Waals surface area contributed by atoms with Crippen LogP contribution in [0.3, 0.4) is 0 Å². The summed E-state index contributed by atoms with van der Waals surface area (Å²) in [5.74, 6) is 0.591. The second-order valence-corrected chi connectivity index (χ2v) is 3.91. The molecule has 0 unspecified atom stereocenters. The van der Waals surface area contributed by atoms with Crippen LogP contribution in [0.5, 0.6) is 0 Å². The lowest BCUT2D eigenvalue weighted by atomic mass is 10.1. The molecule has 2 heteroatoms. The van der Waals surface area contributed by atoms with E-state index in [-0.39, 0.29) is 0 Å². The Morgan fingerprint density at radius 1 is 1.43 bits per heavy atom. The predicted molar refractivity (Wildman–Crippen MR) is 60.1 cm³/mol. The third-order valence-corrected chi connectivity index (χ3v) is 2.46. The van der Waals surface area contributed by atoms with Crippen LogP contribution in [0.15, 0.2) is 24.4 Å². The number of ether oxygens (including phenoxy) is 1. The highest BCUT2D eigenvalue weighted by atomic mass is 16.5. The highest BCUT2D eigenvalue weighted by molar-refractivity contribution is 5.06. The summed E-state index contributed by atoms with van der Waals surface area (Å²) in [6.45, 7) is 12.0. The van der Waals surface area contributed by atoms with Crippen molar-refractivity contribution < 1.29 is 4.74 Å². The molecule has 1 fully saturated rings. The fourth-order valence-electron chi connectivity index (χ4n) is 1.76. The SMILES string of the molecule is C=CC/C=C(/C(C)C)N1CCOCC1. The molecule has 0 aliphatic carbocycles. The Balaban J connectivity index is 2.60. The topological polar surface area (TPSA) is 12.5 Å². The van der Waals surface area contributed by atoms with E-state index in [9.17, 15) is 0 Å². The number of hydrogen-bond acceptors (Lipinski definition) is 2. The molecule has 2 nitrogen and oxygen atoms in total. The Morgan fingerprint density at radius 3 is 2.57 bits per heavy atom. The van der Waals surface area contributed by atoms with E-state index >= 15 is 0 Å².